The molecular weight excluding hydrogens is 327 g/mol. The lowest BCUT2D eigenvalue weighted by atomic mass is 10.0. The molecule has 0 aliphatic carbocycles. The number of nitrogens with zero attached hydrogens (tertiary/aromatic N) is 3. The lowest BCUT2D eigenvalue weighted by Crippen LogP contribution is -2.03. The van der Waals surface area contributed by atoms with E-state index in [2.05, 4.69) is 62.0 Å². The fourth-order valence-electron chi connectivity index (χ4n) is 3.34. The smallest absolute Gasteiger partial charge is 0.135 e. The highest BCUT2D eigenvalue weighted by Crippen LogP contribution is 2.32. The number of halogens is 1. The van der Waals surface area contributed by atoms with Crippen molar-refractivity contribution in [1.29, 1.82) is 0 Å². The number of alkyl halides is 1. The molecule has 0 aromatic carbocycles. The van der Waals surface area contributed by atoms with Crippen molar-refractivity contribution in [2.45, 2.75) is 46.6 Å². The molecule has 0 unspecified atom stereocenters. The van der Waals surface area contributed by atoms with Crippen LogP contribution in [0.4, 0.5) is 10.2 Å². The van der Waals surface area contributed by atoms with Crippen LogP contribution in [0.1, 0.15) is 43.0 Å². The summed E-state index contributed by atoms with van der Waals surface area (Å²) >= 11 is 0. The average molecular weight is 354 g/mol. The van der Waals surface area contributed by atoms with Gasteiger partial charge in [0.15, 0.2) is 0 Å². The molecule has 0 saturated heterocycles. The van der Waals surface area contributed by atoms with E-state index >= 15 is 0 Å². The van der Waals surface area contributed by atoms with E-state index in [9.17, 15) is 4.39 Å². The van der Waals surface area contributed by atoms with E-state index in [4.69, 9.17) is 9.97 Å². The normalized spacial score (nSPS) is 11.5. The number of hydrogen-bond acceptors (Lipinski definition) is 3. The Bertz CT molecular complexity index is 927. The summed E-state index contributed by atoms with van der Waals surface area (Å²) in [7, 11) is 1.89. The Morgan fingerprint density at radius 3 is 2.58 bits per heavy atom. The summed E-state index contributed by atoms with van der Waals surface area (Å²) in [5, 5.41) is 3.21. The SMILES string of the molecule is CNc1nc(C(C)C)ccc1-c1nc2c(C)cn(CCCF)c2cc1C. The highest BCUT2D eigenvalue weighted by atomic mass is 19.1. The lowest BCUT2D eigenvalue weighted by Gasteiger charge is -2.14. The maximum atomic E-state index is 12.6. The van der Waals surface area contributed by atoms with Gasteiger partial charge in [0.1, 0.15) is 5.82 Å². The molecule has 0 radical (unpaired) electrons. The van der Waals surface area contributed by atoms with E-state index in [0.717, 1.165) is 44.9 Å². The summed E-state index contributed by atoms with van der Waals surface area (Å²) in [5.74, 6) is 1.22. The highest BCUT2D eigenvalue weighted by molar-refractivity contribution is 5.86. The molecule has 3 aromatic heterocycles. The second-order valence-corrected chi connectivity index (χ2v) is 7.11. The van der Waals surface area contributed by atoms with Crippen molar-refractivity contribution < 1.29 is 4.39 Å². The zero-order chi connectivity index (χ0) is 18.8. The van der Waals surface area contributed by atoms with Gasteiger partial charge in [0.2, 0.25) is 0 Å². The van der Waals surface area contributed by atoms with Crippen LogP contribution in [-0.4, -0.2) is 28.3 Å². The molecule has 3 rings (SSSR count). The molecule has 0 bridgehead atoms. The molecule has 0 amide bonds. The van der Waals surface area contributed by atoms with Gasteiger partial charge in [-0.2, -0.15) is 0 Å². The average Bonchev–Trinajstić information content (AvgIpc) is 2.93. The van der Waals surface area contributed by atoms with Crippen molar-refractivity contribution in [3.63, 3.8) is 0 Å². The second kappa shape index (κ2) is 7.44. The molecule has 0 fully saturated rings. The summed E-state index contributed by atoms with van der Waals surface area (Å²) in [4.78, 5) is 9.72. The van der Waals surface area contributed by atoms with Crippen LogP contribution in [0.2, 0.25) is 0 Å². The molecule has 5 heteroatoms. The first-order chi connectivity index (χ1) is 12.5. The van der Waals surface area contributed by atoms with Crippen molar-refractivity contribution in [1.82, 2.24) is 14.5 Å². The van der Waals surface area contributed by atoms with Gasteiger partial charge in [0.25, 0.3) is 0 Å². The summed E-state index contributed by atoms with van der Waals surface area (Å²) in [6.07, 6.45) is 2.59. The van der Waals surface area contributed by atoms with E-state index < -0.39 is 0 Å². The maximum absolute atomic E-state index is 12.6. The minimum atomic E-state index is -0.303. The number of rotatable bonds is 6. The number of pyridine rings is 2. The quantitative estimate of drug-likeness (QED) is 0.658. The number of aromatic nitrogens is 3. The van der Waals surface area contributed by atoms with Crippen LogP contribution in [0.5, 0.6) is 0 Å². The van der Waals surface area contributed by atoms with Gasteiger partial charge in [0, 0.05) is 31.0 Å². The molecule has 0 saturated carbocycles. The van der Waals surface area contributed by atoms with Crippen molar-refractivity contribution in [3.8, 4) is 11.3 Å². The number of aryl methyl sites for hydroxylation is 3. The zero-order valence-corrected chi connectivity index (χ0v) is 16.2. The van der Waals surface area contributed by atoms with Crippen molar-refractivity contribution >= 4 is 16.9 Å². The van der Waals surface area contributed by atoms with Gasteiger partial charge in [0.05, 0.1) is 23.4 Å². The molecule has 3 heterocycles. The molecule has 0 aliphatic heterocycles. The molecule has 0 aliphatic rings. The van der Waals surface area contributed by atoms with E-state index in [1.165, 1.54) is 0 Å². The maximum Gasteiger partial charge on any atom is 0.135 e. The Morgan fingerprint density at radius 2 is 1.92 bits per heavy atom. The Balaban J connectivity index is 2.14. The third kappa shape index (κ3) is 3.30. The summed E-state index contributed by atoms with van der Waals surface area (Å²) in [6.45, 7) is 8.77. The summed E-state index contributed by atoms with van der Waals surface area (Å²) in [6, 6.07) is 6.33. The molecule has 138 valence electrons. The molecular formula is C21H27FN4. The predicted molar refractivity (Wildman–Crippen MR) is 107 cm³/mol. The van der Waals surface area contributed by atoms with Gasteiger partial charge in [-0.25, -0.2) is 9.97 Å². The highest BCUT2D eigenvalue weighted by Gasteiger charge is 2.16. The van der Waals surface area contributed by atoms with Gasteiger partial charge in [-0.3, -0.25) is 4.39 Å². The topological polar surface area (TPSA) is 42.7 Å². The Kier molecular flexibility index (Phi) is 5.25. The van der Waals surface area contributed by atoms with Crippen molar-refractivity contribution in [2.75, 3.05) is 19.0 Å². The Hall–Kier alpha value is -2.43. The fourth-order valence-corrected chi connectivity index (χ4v) is 3.34. The summed E-state index contributed by atoms with van der Waals surface area (Å²) in [5.41, 5.74) is 7.24. The van der Waals surface area contributed by atoms with E-state index in [1.807, 2.05) is 7.05 Å². The van der Waals surface area contributed by atoms with Gasteiger partial charge in [-0.15, -0.1) is 0 Å². The Morgan fingerprint density at radius 1 is 1.15 bits per heavy atom. The second-order valence-electron chi connectivity index (χ2n) is 7.11. The molecule has 3 aromatic rings. The molecule has 26 heavy (non-hydrogen) atoms. The van der Waals surface area contributed by atoms with Crippen molar-refractivity contribution in [2.24, 2.45) is 0 Å². The van der Waals surface area contributed by atoms with Crippen LogP contribution in [0, 0.1) is 13.8 Å². The monoisotopic (exact) mass is 354 g/mol. The molecule has 4 nitrogen and oxygen atoms in total. The lowest BCUT2D eigenvalue weighted by molar-refractivity contribution is 0.450. The van der Waals surface area contributed by atoms with Crippen LogP contribution in [0.3, 0.4) is 0 Å². The van der Waals surface area contributed by atoms with Crippen LogP contribution >= 0.6 is 0 Å². The standard InChI is InChI=1S/C21H27FN4/c1-13(2)17-8-7-16(21(23-5)24-17)19-14(3)11-18-20(25-19)15(4)12-26(18)10-6-9-22/h7-8,11-13H,6,9-10H2,1-5H3,(H,23,24). The van der Waals surface area contributed by atoms with Crippen LogP contribution in [0.15, 0.2) is 24.4 Å². The van der Waals surface area contributed by atoms with E-state index in [0.29, 0.717) is 18.9 Å². The summed E-state index contributed by atoms with van der Waals surface area (Å²) < 4.78 is 14.7. The molecule has 1 N–H and O–H groups in total. The number of nitrogens with one attached hydrogen (secondary N) is 1. The predicted octanol–water partition coefficient (Wildman–Crippen LogP) is 5.24. The van der Waals surface area contributed by atoms with Crippen molar-refractivity contribution in [3.05, 3.63) is 41.2 Å². The minimum absolute atomic E-state index is 0.303. The molecule has 0 atom stereocenters. The third-order valence-corrected chi connectivity index (χ3v) is 4.76. The van der Waals surface area contributed by atoms with Gasteiger partial charge < -0.3 is 9.88 Å². The van der Waals surface area contributed by atoms with Crippen LogP contribution in [0.25, 0.3) is 22.3 Å². The first-order valence-electron chi connectivity index (χ1n) is 9.18. The van der Waals surface area contributed by atoms with E-state index in [-0.39, 0.29) is 6.67 Å². The first kappa shape index (κ1) is 18.4. The Labute approximate surface area is 154 Å². The fraction of sp³-hybridized carbons (Fsp3) is 0.429. The van der Waals surface area contributed by atoms with E-state index in [1.54, 1.807) is 0 Å². The number of anilines is 1. The largest absolute Gasteiger partial charge is 0.373 e. The third-order valence-electron chi connectivity index (χ3n) is 4.76. The van der Waals surface area contributed by atoms with Gasteiger partial charge in [-0.05, 0) is 55.5 Å². The number of hydrogen-bond donors (Lipinski definition) is 1. The first-order valence-corrected chi connectivity index (χ1v) is 9.18. The zero-order valence-electron chi connectivity index (χ0n) is 16.2. The van der Waals surface area contributed by atoms with Gasteiger partial charge in [-0.1, -0.05) is 13.8 Å². The van der Waals surface area contributed by atoms with Crippen LogP contribution in [-0.2, 0) is 6.54 Å². The molecule has 0 spiro atoms. The number of fused-ring (bicyclic) bond motifs is 1. The van der Waals surface area contributed by atoms with Crippen LogP contribution < -0.4 is 5.32 Å². The minimum Gasteiger partial charge on any atom is -0.373 e. The van der Waals surface area contributed by atoms with Gasteiger partial charge >= 0.3 is 0 Å².